The molecule has 5 nitrogen and oxygen atoms in total. The van der Waals surface area contributed by atoms with Gasteiger partial charge in [-0.05, 0) is 31.5 Å². The van der Waals surface area contributed by atoms with Crippen LogP contribution in [0, 0.1) is 0 Å². The first-order valence-electron chi connectivity index (χ1n) is 7.53. The van der Waals surface area contributed by atoms with Gasteiger partial charge in [0.1, 0.15) is 5.75 Å². The molecule has 1 N–H and O–H groups in total. The third-order valence-corrected chi connectivity index (χ3v) is 3.37. The van der Waals surface area contributed by atoms with Crippen LogP contribution in [0.4, 0.5) is 0 Å². The van der Waals surface area contributed by atoms with Crippen molar-refractivity contribution in [1.82, 2.24) is 20.1 Å². The number of rotatable bonds is 7. The summed E-state index contributed by atoms with van der Waals surface area (Å²) in [6, 6.07) is 2.14. The van der Waals surface area contributed by atoms with Crippen molar-refractivity contribution < 1.29 is 4.74 Å². The predicted molar refractivity (Wildman–Crippen MR) is 83.5 cm³/mol. The summed E-state index contributed by atoms with van der Waals surface area (Å²) in [5.41, 5.74) is 3.42. The quantitative estimate of drug-likeness (QED) is 0.850. The van der Waals surface area contributed by atoms with Crippen molar-refractivity contribution >= 4 is 0 Å². The van der Waals surface area contributed by atoms with Gasteiger partial charge < -0.3 is 10.1 Å². The van der Waals surface area contributed by atoms with E-state index in [0.29, 0.717) is 6.61 Å². The summed E-state index contributed by atoms with van der Waals surface area (Å²) in [4.78, 5) is 4.30. The molecule has 0 spiro atoms. The van der Waals surface area contributed by atoms with E-state index in [0.717, 1.165) is 30.0 Å². The minimum absolute atomic E-state index is 0.0894. The minimum Gasteiger partial charge on any atom is -0.492 e. The number of pyridine rings is 1. The fraction of sp³-hybridized carbons (Fsp3) is 0.500. The molecule has 0 amide bonds. The van der Waals surface area contributed by atoms with Crippen LogP contribution in [-0.2, 0) is 13.5 Å². The molecule has 0 aliphatic carbocycles. The van der Waals surface area contributed by atoms with Gasteiger partial charge in [-0.25, -0.2) is 0 Å². The van der Waals surface area contributed by atoms with Crippen LogP contribution in [0.25, 0.3) is 0 Å². The van der Waals surface area contributed by atoms with Gasteiger partial charge >= 0.3 is 0 Å². The lowest BCUT2D eigenvalue weighted by Gasteiger charge is -2.18. The average molecular weight is 288 g/mol. The summed E-state index contributed by atoms with van der Waals surface area (Å²) in [6.45, 7) is 7.73. The fourth-order valence-corrected chi connectivity index (χ4v) is 2.52. The van der Waals surface area contributed by atoms with Gasteiger partial charge in [-0.2, -0.15) is 5.10 Å². The van der Waals surface area contributed by atoms with Crippen molar-refractivity contribution in [1.29, 1.82) is 0 Å². The Kier molecular flexibility index (Phi) is 5.33. The monoisotopic (exact) mass is 288 g/mol. The second-order valence-corrected chi connectivity index (χ2v) is 4.94. The van der Waals surface area contributed by atoms with Gasteiger partial charge in [0.2, 0.25) is 0 Å². The molecule has 0 aliphatic heterocycles. The van der Waals surface area contributed by atoms with Crippen LogP contribution in [-0.4, -0.2) is 27.9 Å². The lowest BCUT2D eigenvalue weighted by molar-refractivity contribution is 0.338. The van der Waals surface area contributed by atoms with Crippen molar-refractivity contribution in [3.8, 4) is 5.75 Å². The molecule has 1 unspecified atom stereocenters. The maximum absolute atomic E-state index is 5.56. The Labute approximate surface area is 126 Å². The van der Waals surface area contributed by atoms with E-state index in [-0.39, 0.29) is 6.04 Å². The molecule has 0 saturated carbocycles. The number of hydrogen-bond acceptors (Lipinski definition) is 4. The molecule has 0 fully saturated rings. The van der Waals surface area contributed by atoms with E-state index < -0.39 is 0 Å². The number of ether oxygens (including phenoxy) is 1. The predicted octanol–water partition coefficient (Wildman–Crippen LogP) is 2.48. The van der Waals surface area contributed by atoms with Gasteiger partial charge in [-0.1, -0.05) is 13.8 Å². The molecule has 0 bridgehead atoms. The molecular weight excluding hydrogens is 264 g/mol. The first-order valence-corrected chi connectivity index (χ1v) is 7.53. The Bertz CT molecular complexity index is 579. The van der Waals surface area contributed by atoms with Crippen LogP contribution < -0.4 is 10.1 Å². The maximum Gasteiger partial charge on any atom is 0.137 e. The Balaban J connectivity index is 2.40. The van der Waals surface area contributed by atoms with Crippen LogP contribution in [0.3, 0.4) is 0 Å². The van der Waals surface area contributed by atoms with Gasteiger partial charge in [0, 0.05) is 25.0 Å². The second kappa shape index (κ2) is 7.22. The summed E-state index contributed by atoms with van der Waals surface area (Å²) < 4.78 is 7.43. The molecule has 0 radical (unpaired) electrons. The minimum atomic E-state index is 0.0894. The Morgan fingerprint density at radius 1 is 1.29 bits per heavy atom. The van der Waals surface area contributed by atoms with Crippen molar-refractivity contribution in [2.45, 2.75) is 33.2 Å². The van der Waals surface area contributed by atoms with E-state index >= 15 is 0 Å². The number of hydrogen-bond donors (Lipinski definition) is 1. The molecule has 2 rings (SSSR count). The van der Waals surface area contributed by atoms with Crippen molar-refractivity contribution in [3.63, 3.8) is 0 Å². The highest BCUT2D eigenvalue weighted by molar-refractivity contribution is 5.35. The first kappa shape index (κ1) is 15.5. The van der Waals surface area contributed by atoms with Crippen LogP contribution in [0.1, 0.15) is 43.6 Å². The molecule has 2 aromatic heterocycles. The SMILES string of the molecule is CCNC(c1cncc(OCC)c1)c1cn(C)nc1CC. The smallest absolute Gasteiger partial charge is 0.137 e. The van der Waals surface area contributed by atoms with E-state index in [4.69, 9.17) is 4.74 Å². The topological polar surface area (TPSA) is 52.0 Å². The molecule has 5 heteroatoms. The fourth-order valence-electron chi connectivity index (χ4n) is 2.52. The largest absolute Gasteiger partial charge is 0.492 e. The van der Waals surface area contributed by atoms with Gasteiger partial charge in [0.05, 0.1) is 24.5 Å². The lowest BCUT2D eigenvalue weighted by atomic mass is 9.99. The Morgan fingerprint density at radius 3 is 2.76 bits per heavy atom. The third kappa shape index (κ3) is 3.61. The van der Waals surface area contributed by atoms with E-state index in [2.05, 4.69) is 41.5 Å². The molecule has 2 heterocycles. The third-order valence-electron chi connectivity index (χ3n) is 3.37. The summed E-state index contributed by atoms with van der Waals surface area (Å²) in [5.74, 6) is 0.805. The Hall–Kier alpha value is -1.88. The van der Waals surface area contributed by atoms with Gasteiger partial charge in [0.15, 0.2) is 0 Å². The highest BCUT2D eigenvalue weighted by Crippen LogP contribution is 2.26. The van der Waals surface area contributed by atoms with Crippen LogP contribution in [0.2, 0.25) is 0 Å². The summed E-state index contributed by atoms with van der Waals surface area (Å²) >= 11 is 0. The maximum atomic E-state index is 5.56. The molecule has 114 valence electrons. The normalized spacial score (nSPS) is 12.4. The van der Waals surface area contributed by atoms with E-state index in [1.165, 1.54) is 5.56 Å². The molecule has 0 aliphatic rings. The van der Waals surface area contributed by atoms with Crippen LogP contribution in [0.15, 0.2) is 24.7 Å². The molecular formula is C16H24N4O. The van der Waals surface area contributed by atoms with E-state index in [1.807, 2.05) is 24.9 Å². The first-order chi connectivity index (χ1) is 10.2. The van der Waals surface area contributed by atoms with Crippen LogP contribution >= 0.6 is 0 Å². The zero-order chi connectivity index (χ0) is 15.2. The van der Waals surface area contributed by atoms with Crippen molar-refractivity contribution in [3.05, 3.63) is 41.5 Å². The molecule has 0 aromatic carbocycles. The molecule has 0 saturated heterocycles. The number of aryl methyl sites for hydroxylation is 2. The van der Waals surface area contributed by atoms with Crippen LogP contribution in [0.5, 0.6) is 5.75 Å². The Morgan fingerprint density at radius 2 is 2.10 bits per heavy atom. The molecule has 1 atom stereocenters. The molecule has 2 aromatic rings. The van der Waals surface area contributed by atoms with Gasteiger partial charge in [-0.3, -0.25) is 9.67 Å². The zero-order valence-corrected chi connectivity index (χ0v) is 13.3. The highest BCUT2D eigenvalue weighted by Gasteiger charge is 2.19. The number of nitrogens with one attached hydrogen (secondary N) is 1. The zero-order valence-electron chi connectivity index (χ0n) is 13.3. The lowest BCUT2D eigenvalue weighted by Crippen LogP contribution is -2.23. The summed E-state index contributed by atoms with van der Waals surface area (Å²) in [5, 5.41) is 8.07. The van der Waals surface area contributed by atoms with E-state index in [9.17, 15) is 0 Å². The van der Waals surface area contributed by atoms with E-state index in [1.54, 1.807) is 6.20 Å². The average Bonchev–Trinajstić information content (AvgIpc) is 2.86. The molecule has 21 heavy (non-hydrogen) atoms. The van der Waals surface area contributed by atoms with Gasteiger partial charge in [0.25, 0.3) is 0 Å². The number of aromatic nitrogens is 3. The second-order valence-electron chi connectivity index (χ2n) is 4.94. The summed E-state index contributed by atoms with van der Waals surface area (Å²) in [6.07, 6.45) is 6.64. The summed E-state index contributed by atoms with van der Waals surface area (Å²) in [7, 11) is 1.96. The standard InChI is InChI=1S/C16H24N4O/c1-5-15-14(11-20(4)19-15)16(18-6-2)12-8-13(21-7-3)10-17-9-12/h8-11,16,18H,5-7H2,1-4H3. The van der Waals surface area contributed by atoms with Gasteiger partial charge in [-0.15, -0.1) is 0 Å². The number of nitrogens with zero attached hydrogens (tertiary/aromatic N) is 3. The highest BCUT2D eigenvalue weighted by atomic mass is 16.5. The van der Waals surface area contributed by atoms with Crippen molar-refractivity contribution in [2.75, 3.05) is 13.2 Å². The van der Waals surface area contributed by atoms with Crippen molar-refractivity contribution in [2.24, 2.45) is 7.05 Å².